The van der Waals surface area contributed by atoms with Crippen LogP contribution in [-0.4, -0.2) is 96.7 Å². The lowest BCUT2D eigenvalue weighted by Gasteiger charge is -2.21. The number of hydrogen-bond acceptors (Lipinski definition) is 16. The van der Waals surface area contributed by atoms with Crippen molar-refractivity contribution in [1.82, 2.24) is 6.15 Å². The highest BCUT2D eigenvalue weighted by molar-refractivity contribution is 7.47. The minimum absolute atomic E-state index is 0. The maximum absolute atomic E-state index is 13.0. The number of aliphatic hydroxyl groups excluding tert-OH is 1. The van der Waals surface area contributed by atoms with Gasteiger partial charge in [-0.25, -0.2) is 9.13 Å². The van der Waals surface area contributed by atoms with Crippen LogP contribution in [0.2, 0.25) is 0 Å². The van der Waals surface area contributed by atoms with Gasteiger partial charge in [0.05, 0.1) is 26.4 Å². The molecule has 18 nitrogen and oxygen atoms in total. The number of rotatable bonds is 66. The first-order chi connectivity index (χ1) is 40.7. The van der Waals surface area contributed by atoms with E-state index < -0.39 is 97.5 Å². The number of esters is 4. The molecule has 4 unspecified atom stereocenters. The first kappa shape index (κ1) is 85.1. The van der Waals surface area contributed by atoms with Crippen LogP contribution in [0, 0.1) is 0 Å². The SMILES string of the molecule is CCCCCCCCCCCCCC(=O)OCC(COP(=O)(O)OCC(O)COP(=O)(O)OCC(COC(=O)CCCCCCCCCCCCC)OC(=O)CCCCCCCCCCCCC)OC(=O)CCCCCCCCCCCCC.N. The number of phosphoric acid groups is 2. The van der Waals surface area contributed by atoms with Gasteiger partial charge in [-0.15, -0.1) is 0 Å². The molecule has 0 radical (unpaired) electrons. The molecule has 0 aliphatic rings. The summed E-state index contributed by atoms with van der Waals surface area (Å²) in [5.41, 5.74) is 0. The standard InChI is InChI=1S/C65H126O17P2.H3N/c1-5-9-13-17-21-25-29-33-37-41-45-49-62(67)75-55-60(81-64(69)51-47-43-39-35-31-27-23-19-15-11-7-3)57-79-83(71,72)77-53-59(66)54-78-84(73,74)80-58-61(82-65(70)52-48-44-40-36-32-28-24-20-16-12-8-4)56-76-63(68)50-46-42-38-34-30-26-22-18-14-10-6-2;/h59-61,66H,5-58H2,1-4H3,(H,71,72)(H,73,74);1H3. The molecule has 0 amide bonds. The first-order valence-electron chi connectivity index (χ1n) is 34.3. The summed E-state index contributed by atoms with van der Waals surface area (Å²) < 4.78 is 68.0. The Morgan fingerprint density at radius 2 is 0.482 bits per heavy atom. The van der Waals surface area contributed by atoms with E-state index in [1.807, 2.05) is 0 Å². The molecule has 0 fully saturated rings. The van der Waals surface area contributed by atoms with E-state index in [4.69, 9.17) is 37.0 Å². The lowest BCUT2D eigenvalue weighted by molar-refractivity contribution is -0.161. The predicted octanol–water partition coefficient (Wildman–Crippen LogP) is 18.5. The molecule has 6 N–H and O–H groups in total. The van der Waals surface area contributed by atoms with Crippen LogP contribution < -0.4 is 6.15 Å². The second-order valence-electron chi connectivity index (χ2n) is 23.5. The van der Waals surface area contributed by atoms with Crippen LogP contribution in [0.25, 0.3) is 0 Å². The summed E-state index contributed by atoms with van der Waals surface area (Å²) in [6, 6.07) is 0. The van der Waals surface area contributed by atoms with Crippen molar-refractivity contribution in [3.8, 4) is 0 Å². The number of carbonyl (C=O) groups excluding carboxylic acids is 4. The Morgan fingerprint density at radius 1 is 0.294 bits per heavy atom. The van der Waals surface area contributed by atoms with Gasteiger partial charge in [-0.05, 0) is 25.7 Å². The molecular formula is C65H129NO17P2. The first-order valence-corrected chi connectivity index (χ1v) is 37.3. The fraction of sp³-hybridized carbons (Fsp3) is 0.938. The zero-order chi connectivity index (χ0) is 61.9. The summed E-state index contributed by atoms with van der Waals surface area (Å²) in [5, 5.41) is 10.5. The number of hydrogen-bond donors (Lipinski definition) is 4. The van der Waals surface area contributed by atoms with E-state index in [1.54, 1.807) is 0 Å². The Hall–Kier alpha value is -1.98. The van der Waals surface area contributed by atoms with Gasteiger partial charge in [0, 0.05) is 25.7 Å². The van der Waals surface area contributed by atoms with E-state index >= 15 is 0 Å². The van der Waals surface area contributed by atoms with Crippen molar-refractivity contribution in [2.24, 2.45) is 0 Å². The van der Waals surface area contributed by atoms with Crippen molar-refractivity contribution < 1.29 is 80.2 Å². The van der Waals surface area contributed by atoms with Crippen molar-refractivity contribution in [3.05, 3.63) is 0 Å². The fourth-order valence-electron chi connectivity index (χ4n) is 9.81. The number of unbranched alkanes of at least 4 members (excludes halogenated alkanes) is 40. The van der Waals surface area contributed by atoms with Gasteiger partial charge in [-0.3, -0.25) is 37.3 Å². The van der Waals surface area contributed by atoms with Crippen LogP contribution in [0.4, 0.5) is 0 Å². The lowest BCUT2D eigenvalue weighted by Crippen LogP contribution is -2.30. The molecule has 0 aliphatic heterocycles. The second kappa shape index (κ2) is 62.2. The highest BCUT2D eigenvalue weighted by atomic mass is 31.2. The van der Waals surface area contributed by atoms with E-state index in [-0.39, 0.29) is 31.8 Å². The molecule has 0 aliphatic carbocycles. The highest BCUT2D eigenvalue weighted by Gasteiger charge is 2.30. The van der Waals surface area contributed by atoms with Gasteiger partial charge in [-0.2, -0.15) is 0 Å². The minimum atomic E-state index is -4.94. The average molecular weight is 1260 g/mol. The molecule has 0 saturated heterocycles. The maximum Gasteiger partial charge on any atom is 0.472 e. The highest BCUT2D eigenvalue weighted by Crippen LogP contribution is 2.45. The van der Waals surface area contributed by atoms with Crippen LogP contribution in [0.3, 0.4) is 0 Å². The molecule has 0 saturated carbocycles. The third-order valence-corrected chi connectivity index (χ3v) is 17.0. The molecule has 0 heterocycles. The van der Waals surface area contributed by atoms with E-state index in [1.165, 1.54) is 167 Å². The Morgan fingerprint density at radius 3 is 0.706 bits per heavy atom. The largest absolute Gasteiger partial charge is 0.472 e. The quantitative estimate of drug-likeness (QED) is 0.0191. The zero-order valence-corrected chi connectivity index (χ0v) is 56.4. The van der Waals surface area contributed by atoms with Crippen molar-refractivity contribution in [3.63, 3.8) is 0 Å². The molecule has 20 heteroatoms. The molecule has 85 heavy (non-hydrogen) atoms. The number of ether oxygens (including phenoxy) is 4. The van der Waals surface area contributed by atoms with Gasteiger partial charge in [0.25, 0.3) is 0 Å². The Labute approximate surface area is 517 Å². The smallest absolute Gasteiger partial charge is 0.462 e. The topological polar surface area (TPSA) is 272 Å². The van der Waals surface area contributed by atoms with Crippen LogP contribution in [0.15, 0.2) is 0 Å². The minimum Gasteiger partial charge on any atom is -0.462 e. The number of carbonyl (C=O) groups is 4. The summed E-state index contributed by atoms with van der Waals surface area (Å²) >= 11 is 0. The van der Waals surface area contributed by atoms with Gasteiger partial charge in [0.1, 0.15) is 19.3 Å². The number of aliphatic hydroxyl groups is 1. The molecular weight excluding hydrogens is 1130 g/mol. The van der Waals surface area contributed by atoms with Crippen molar-refractivity contribution in [2.75, 3.05) is 39.6 Å². The molecule has 0 aromatic carbocycles. The normalized spacial score (nSPS) is 14.0. The predicted molar refractivity (Wildman–Crippen MR) is 340 cm³/mol. The maximum atomic E-state index is 13.0. The molecule has 0 rings (SSSR count). The van der Waals surface area contributed by atoms with Crippen molar-refractivity contribution >= 4 is 39.5 Å². The fourth-order valence-corrected chi connectivity index (χ4v) is 11.4. The van der Waals surface area contributed by atoms with Gasteiger partial charge < -0.3 is 40.0 Å². The third-order valence-electron chi connectivity index (χ3n) is 15.1. The molecule has 4 atom stereocenters. The van der Waals surface area contributed by atoms with E-state index in [0.29, 0.717) is 25.7 Å². The van der Waals surface area contributed by atoms with E-state index in [9.17, 15) is 43.2 Å². The lowest BCUT2D eigenvalue weighted by atomic mass is 10.1. The summed E-state index contributed by atoms with van der Waals surface area (Å²) in [6.07, 6.45) is 45.6. The van der Waals surface area contributed by atoms with Crippen molar-refractivity contribution in [2.45, 2.75) is 354 Å². The molecule has 0 spiro atoms. The van der Waals surface area contributed by atoms with Gasteiger partial charge in [0.15, 0.2) is 12.2 Å². The second-order valence-corrected chi connectivity index (χ2v) is 26.4. The summed E-state index contributed by atoms with van der Waals surface area (Å²) in [7, 11) is -9.88. The zero-order valence-electron chi connectivity index (χ0n) is 54.6. The van der Waals surface area contributed by atoms with Gasteiger partial charge in [0.2, 0.25) is 0 Å². The van der Waals surface area contributed by atoms with Crippen LogP contribution >= 0.6 is 15.6 Å². The number of phosphoric ester groups is 2. The third kappa shape index (κ3) is 62.0. The van der Waals surface area contributed by atoms with Crippen LogP contribution in [0.1, 0.15) is 336 Å². The molecule has 0 aromatic heterocycles. The average Bonchev–Trinajstić information content (AvgIpc) is 3.58. The molecule has 0 aromatic rings. The van der Waals surface area contributed by atoms with Gasteiger partial charge in [-0.1, -0.05) is 285 Å². The monoisotopic (exact) mass is 1260 g/mol. The van der Waals surface area contributed by atoms with E-state index in [2.05, 4.69) is 27.7 Å². The molecule has 506 valence electrons. The summed E-state index contributed by atoms with van der Waals surface area (Å²) in [5.74, 6) is -2.13. The Kier molecular flexibility index (Phi) is 62.3. The Balaban J connectivity index is 0. The molecule has 0 bridgehead atoms. The van der Waals surface area contributed by atoms with Gasteiger partial charge >= 0.3 is 39.5 Å². The summed E-state index contributed by atoms with van der Waals surface area (Å²) in [6.45, 7) is 4.90. The van der Waals surface area contributed by atoms with Crippen LogP contribution in [-0.2, 0) is 65.4 Å². The van der Waals surface area contributed by atoms with Crippen LogP contribution in [0.5, 0.6) is 0 Å². The Bertz CT molecular complexity index is 1510. The summed E-state index contributed by atoms with van der Waals surface area (Å²) in [4.78, 5) is 72.2. The van der Waals surface area contributed by atoms with E-state index in [0.717, 1.165) is 89.9 Å². The van der Waals surface area contributed by atoms with Crippen molar-refractivity contribution in [1.29, 1.82) is 0 Å².